The molecule has 0 spiro atoms. The van der Waals surface area contributed by atoms with Gasteiger partial charge in [-0.1, -0.05) is 34.1 Å². The maximum Gasteiger partial charge on any atom is 0 e. The van der Waals surface area contributed by atoms with E-state index < -0.39 is 0 Å². The van der Waals surface area contributed by atoms with Crippen LogP contribution in [-0.4, -0.2) is 0 Å². The Morgan fingerprint density at radius 3 is 2.00 bits per heavy atom. The van der Waals surface area contributed by atoms with Crippen LogP contribution in [0.3, 0.4) is 0 Å². The predicted molar refractivity (Wildman–Crippen MR) is 78.5 cm³/mol. The molecule has 0 aromatic heterocycles. The molecule has 0 bridgehead atoms. The summed E-state index contributed by atoms with van der Waals surface area (Å²) in [6.07, 6.45) is 4.40. The fourth-order valence-electron chi connectivity index (χ4n) is 2.68. The molecular weight excluding hydrogens is 386 g/mol. The van der Waals surface area contributed by atoms with Crippen LogP contribution >= 0.6 is 37.2 Å². The van der Waals surface area contributed by atoms with Gasteiger partial charge in [0.25, 0.3) is 0 Å². The number of hydrogen-bond donors (Lipinski definition) is 0. The van der Waals surface area contributed by atoms with E-state index >= 15 is 0 Å². The monoisotopic (exact) mass is 408 g/mol. The maximum absolute atomic E-state index is 2.43. The zero-order chi connectivity index (χ0) is 10.4. The van der Waals surface area contributed by atoms with Crippen LogP contribution in [-0.2, 0) is 0 Å². The van der Waals surface area contributed by atoms with Gasteiger partial charge >= 0.3 is 0 Å². The van der Waals surface area contributed by atoms with Crippen LogP contribution in [0.5, 0.6) is 0 Å². The highest BCUT2D eigenvalue weighted by molar-refractivity contribution is 15.0. The third-order valence-electron chi connectivity index (χ3n) is 3.35. The van der Waals surface area contributed by atoms with Crippen molar-refractivity contribution in [2.24, 2.45) is 23.7 Å². The maximum atomic E-state index is 2.43. The quantitative estimate of drug-likeness (QED) is 0.504. The smallest absolute Gasteiger partial charge is 0 e. The fraction of sp³-hybridized carbons (Fsp3) is 1.00. The van der Waals surface area contributed by atoms with Crippen molar-refractivity contribution in [1.82, 2.24) is 0 Å². The van der Waals surface area contributed by atoms with Crippen LogP contribution in [0.2, 0.25) is 0 Å². The van der Waals surface area contributed by atoms with Gasteiger partial charge in [-0.3, -0.25) is 0 Å². The first kappa shape index (κ1) is 14.5. The summed E-state index contributed by atoms with van der Waals surface area (Å²) in [5, 5.41) is 0. The Kier molecular flexibility index (Phi) is 8.58. The molecule has 0 radical (unpaired) electrons. The fourth-order valence-corrected chi connectivity index (χ4v) is 2.68. The number of halogens is 2. The molecule has 80 valence electrons. The minimum absolute atomic E-state index is 0.900. The summed E-state index contributed by atoms with van der Waals surface area (Å²) in [6, 6.07) is 0. The Hall–Kier alpha value is 1.46. The summed E-state index contributed by atoms with van der Waals surface area (Å²) < 4.78 is 0. The average Bonchev–Trinajstić information content (AvgIpc) is 2.07. The molecule has 1 fully saturated rings. The molecule has 2 heteroatoms. The van der Waals surface area contributed by atoms with Gasteiger partial charge in [-0.15, -0.1) is 0 Å². The lowest BCUT2D eigenvalue weighted by Crippen LogP contribution is -2.25. The highest BCUT2D eigenvalue weighted by Gasteiger charge is 2.26. The zero-order valence-electron chi connectivity index (χ0n) is 9.19. The summed E-state index contributed by atoms with van der Waals surface area (Å²) >= 11 is 4.24. The van der Waals surface area contributed by atoms with Crippen molar-refractivity contribution in [1.29, 1.82) is 0 Å². The molecular formula is C11H22I2. The van der Waals surface area contributed by atoms with Crippen molar-refractivity contribution in [3.8, 4) is 0 Å². The lowest BCUT2D eigenvalue weighted by molar-refractivity contribution is 0.158. The van der Waals surface area contributed by atoms with Gasteiger partial charge in [-0.25, -0.2) is 0 Å². The van der Waals surface area contributed by atoms with Crippen molar-refractivity contribution >= 4 is 37.2 Å². The van der Waals surface area contributed by atoms with E-state index in [2.05, 4.69) is 64.9 Å². The van der Waals surface area contributed by atoms with E-state index in [9.17, 15) is 0 Å². The normalized spacial score (nSPS) is 33.9. The lowest BCUT2D eigenvalue weighted by atomic mass is 9.71. The summed E-state index contributed by atoms with van der Waals surface area (Å²) in [5.41, 5.74) is 0. The second kappa shape index (κ2) is 7.71. The van der Waals surface area contributed by atoms with Crippen molar-refractivity contribution < 1.29 is 0 Å². The molecule has 0 N–H and O–H groups in total. The molecule has 1 saturated carbocycles. The van der Waals surface area contributed by atoms with E-state index in [1.165, 1.54) is 19.3 Å². The van der Waals surface area contributed by atoms with Crippen LogP contribution in [0, 0.1) is 23.7 Å². The van der Waals surface area contributed by atoms with Crippen LogP contribution in [0.15, 0.2) is 0 Å². The Labute approximate surface area is 107 Å². The summed E-state index contributed by atoms with van der Waals surface area (Å²) in [7, 11) is 0. The third-order valence-corrected chi connectivity index (χ3v) is 3.35. The molecule has 3 unspecified atom stereocenters. The first-order chi connectivity index (χ1) is 6.11. The summed E-state index contributed by atoms with van der Waals surface area (Å²) in [4.78, 5) is 0. The molecule has 0 aromatic rings. The van der Waals surface area contributed by atoms with Gasteiger partial charge in [0.15, 0.2) is 0 Å². The average molecular weight is 408 g/mol. The molecule has 1 aliphatic rings. The van der Waals surface area contributed by atoms with Gasteiger partial charge < -0.3 is 0 Å². The standard InChI is InChI=1S/C11H22.I2/c1-8(2)11-6-5-9(3)7-10(11)4;1-2/h8-11H,5-7H2,1-4H3;. The molecule has 0 aliphatic heterocycles. The first-order valence-corrected chi connectivity index (χ1v) is 11.5. The molecule has 0 saturated heterocycles. The first-order valence-electron chi connectivity index (χ1n) is 5.25. The molecule has 13 heavy (non-hydrogen) atoms. The minimum atomic E-state index is 0.900. The van der Waals surface area contributed by atoms with Crippen molar-refractivity contribution in [2.45, 2.75) is 47.0 Å². The second-order valence-electron chi connectivity index (χ2n) is 4.80. The topological polar surface area (TPSA) is 0 Å². The van der Waals surface area contributed by atoms with Crippen LogP contribution in [0.25, 0.3) is 0 Å². The largest absolute Gasteiger partial charge is 0.0625 e. The van der Waals surface area contributed by atoms with E-state index in [0.29, 0.717) is 0 Å². The van der Waals surface area contributed by atoms with Gasteiger partial charge in [0.1, 0.15) is 0 Å². The van der Waals surface area contributed by atoms with Crippen LogP contribution in [0.1, 0.15) is 47.0 Å². The highest BCUT2D eigenvalue weighted by atomic mass is 128. The Morgan fingerprint density at radius 1 is 1.08 bits per heavy atom. The highest BCUT2D eigenvalue weighted by Crippen LogP contribution is 2.37. The lowest BCUT2D eigenvalue weighted by Gasteiger charge is -2.35. The van der Waals surface area contributed by atoms with E-state index in [1.54, 1.807) is 0 Å². The van der Waals surface area contributed by atoms with Gasteiger partial charge in [-0.05, 0) is 36.5 Å². The summed E-state index contributed by atoms with van der Waals surface area (Å²) in [5.74, 6) is 3.86. The molecule has 0 amide bonds. The van der Waals surface area contributed by atoms with Crippen LogP contribution < -0.4 is 0 Å². The number of hydrogen-bond acceptors (Lipinski definition) is 0. The van der Waals surface area contributed by atoms with Gasteiger partial charge in [0, 0.05) is 37.2 Å². The zero-order valence-corrected chi connectivity index (χ0v) is 13.5. The van der Waals surface area contributed by atoms with E-state index in [4.69, 9.17) is 0 Å². The van der Waals surface area contributed by atoms with E-state index in [-0.39, 0.29) is 0 Å². The molecule has 0 nitrogen and oxygen atoms in total. The predicted octanol–water partition coefficient (Wildman–Crippen LogP) is 5.49. The molecule has 1 rings (SSSR count). The van der Waals surface area contributed by atoms with Gasteiger partial charge in [0.05, 0.1) is 0 Å². The number of rotatable bonds is 1. The second-order valence-corrected chi connectivity index (χ2v) is 4.80. The molecule has 1 aliphatic carbocycles. The Balaban J connectivity index is 0.000000671. The molecule has 0 heterocycles. The SMILES string of the molecule is CC1CCC(C(C)C)C(C)C1.II. The third kappa shape index (κ3) is 5.19. The van der Waals surface area contributed by atoms with Crippen molar-refractivity contribution in [3.05, 3.63) is 0 Å². The molecule has 0 aromatic carbocycles. The van der Waals surface area contributed by atoms with Crippen LogP contribution in [0.4, 0.5) is 0 Å². The van der Waals surface area contributed by atoms with Gasteiger partial charge in [-0.2, -0.15) is 0 Å². The summed E-state index contributed by atoms with van der Waals surface area (Å²) in [6.45, 7) is 9.57. The molecule has 3 atom stereocenters. The van der Waals surface area contributed by atoms with E-state index in [1.807, 2.05) is 0 Å². The minimum Gasteiger partial charge on any atom is -0.0625 e. The van der Waals surface area contributed by atoms with Crippen molar-refractivity contribution in [2.75, 3.05) is 0 Å². The Morgan fingerprint density at radius 2 is 1.62 bits per heavy atom. The Bertz CT molecular complexity index is 123. The van der Waals surface area contributed by atoms with Crippen molar-refractivity contribution in [3.63, 3.8) is 0 Å². The van der Waals surface area contributed by atoms with Gasteiger partial charge in [0.2, 0.25) is 0 Å². The van der Waals surface area contributed by atoms with E-state index in [0.717, 1.165) is 23.7 Å².